The summed E-state index contributed by atoms with van der Waals surface area (Å²) < 4.78 is 0. The molecule has 1 rings (SSSR count). The highest BCUT2D eigenvalue weighted by Gasteiger charge is 2.25. The number of benzene rings is 1. The van der Waals surface area contributed by atoms with E-state index in [1.807, 2.05) is 12.1 Å². The van der Waals surface area contributed by atoms with E-state index in [2.05, 4.69) is 41.5 Å². The maximum absolute atomic E-state index is 11.0. The van der Waals surface area contributed by atoms with Crippen molar-refractivity contribution < 1.29 is 9.90 Å². The SMILES string of the molecule is CC(C)(C)c1ccc(C(=O)O)cc1C(C)(C)C. The van der Waals surface area contributed by atoms with Crippen molar-refractivity contribution in [2.24, 2.45) is 0 Å². The van der Waals surface area contributed by atoms with E-state index in [0.29, 0.717) is 5.56 Å². The molecule has 0 saturated carbocycles. The number of hydrogen-bond donors (Lipinski definition) is 1. The number of rotatable bonds is 1. The Hall–Kier alpha value is -1.31. The Labute approximate surface area is 104 Å². The third-order valence-electron chi connectivity index (χ3n) is 2.88. The summed E-state index contributed by atoms with van der Waals surface area (Å²) in [5, 5.41) is 9.07. The molecule has 1 aromatic rings. The molecule has 0 radical (unpaired) electrons. The summed E-state index contributed by atoms with van der Waals surface area (Å²) >= 11 is 0. The summed E-state index contributed by atoms with van der Waals surface area (Å²) in [5.41, 5.74) is 2.68. The molecule has 17 heavy (non-hydrogen) atoms. The predicted octanol–water partition coefficient (Wildman–Crippen LogP) is 3.98. The largest absolute Gasteiger partial charge is 0.478 e. The molecule has 2 nitrogen and oxygen atoms in total. The van der Waals surface area contributed by atoms with Gasteiger partial charge in [-0.1, -0.05) is 47.6 Å². The minimum Gasteiger partial charge on any atom is -0.478 e. The van der Waals surface area contributed by atoms with Crippen molar-refractivity contribution in [2.75, 3.05) is 0 Å². The van der Waals surface area contributed by atoms with Gasteiger partial charge in [0.1, 0.15) is 0 Å². The Morgan fingerprint density at radius 2 is 1.41 bits per heavy atom. The first kappa shape index (κ1) is 13.8. The highest BCUT2D eigenvalue weighted by molar-refractivity contribution is 5.88. The molecule has 0 spiro atoms. The summed E-state index contributed by atoms with van der Waals surface area (Å²) in [6.07, 6.45) is 0. The standard InChI is InChI=1S/C15H22O2/c1-14(2,3)11-8-7-10(13(16)17)9-12(11)15(4,5)6/h7-9H,1-6H3,(H,16,17). The Bertz CT molecular complexity index is 431. The predicted molar refractivity (Wildman–Crippen MR) is 70.8 cm³/mol. The molecule has 0 aromatic heterocycles. The Morgan fingerprint density at radius 1 is 0.941 bits per heavy atom. The van der Waals surface area contributed by atoms with Gasteiger partial charge in [0.05, 0.1) is 5.56 Å². The van der Waals surface area contributed by atoms with Crippen molar-refractivity contribution >= 4 is 5.97 Å². The van der Waals surface area contributed by atoms with Gasteiger partial charge in [-0.2, -0.15) is 0 Å². The van der Waals surface area contributed by atoms with Gasteiger partial charge in [0.2, 0.25) is 0 Å². The molecule has 1 aromatic carbocycles. The van der Waals surface area contributed by atoms with E-state index in [1.165, 1.54) is 5.56 Å². The normalized spacial score (nSPS) is 12.6. The van der Waals surface area contributed by atoms with Crippen LogP contribution in [0, 0.1) is 0 Å². The highest BCUT2D eigenvalue weighted by atomic mass is 16.4. The van der Waals surface area contributed by atoms with E-state index < -0.39 is 5.97 Å². The van der Waals surface area contributed by atoms with Gasteiger partial charge in [-0.3, -0.25) is 0 Å². The summed E-state index contributed by atoms with van der Waals surface area (Å²) in [4.78, 5) is 11.0. The van der Waals surface area contributed by atoms with Crippen LogP contribution in [0.15, 0.2) is 18.2 Å². The lowest BCUT2D eigenvalue weighted by atomic mass is 9.75. The van der Waals surface area contributed by atoms with E-state index in [9.17, 15) is 4.79 Å². The summed E-state index contributed by atoms with van der Waals surface area (Å²) in [7, 11) is 0. The van der Waals surface area contributed by atoms with Gasteiger partial charge in [0.25, 0.3) is 0 Å². The monoisotopic (exact) mass is 234 g/mol. The van der Waals surface area contributed by atoms with Crippen LogP contribution in [-0.4, -0.2) is 11.1 Å². The number of aromatic carboxylic acids is 1. The van der Waals surface area contributed by atoms with E-state index in [-0.39, 0.29) is 10.8 Å². The van der Waals surface area contributed by atoms with E-state index in [0.717, 1.165) is 5.56 Å². The fourth-order valence-corrected chi connectivity index (χ4v) is 1.95. The van der Waals surface area contributed by atoms with Crippen LogP contribution in [-0.2, 0) is 10.8 Å². The van der Waals surface area contributed by atoms with Crippen LogP contribution in [0.25, 0.3) is 0 Å². The first-order valence-electron chi connectivity index (χ1n) is 5.92. The first-order valence-corrected chi connectivity index (χ1v) is 5.92. The first-order chi connectivity index (χ1) is 7.53. The molecule has 0 fully saturated rings. The van der Waals surface area contributed by atoms with Crippen LogP contribution in [0.3, 0.4) is 0 Å². The molecule has 0 saturated heterocycles. The second kappa shape index (κ2) is 4.17. The quantitative estimate of drug-likeness (QED) is 0.798. The molecule has 0 amide bonds. The zero-order valence-electron chi connectivity index (χ0n) is 11.6. The average Bonchev–Trinajstić information content (AvgIpc) is 2.14. The van der Waals surface area contributed by atoms with Crippen molar-refractivity contribution in [1.82, 2.24) is 0 Å². The number of carboxylic acid groups (broad SMARTS) is 1. The van der Waals surface area contributed by atoms with Crippen LogP contribution in [0.5, 0.6) is 0 Å². The molecule has 0 atom stereocenters. The third-order valence-corrected chi connectivity index (χ3v) is 2.88. The molecular weight excluding hydrogens is 212 g/mol. The van der Waals surface area contributed by atoms with Gasteiger partial charge >= 0.3 is 5.97 Å². The lowest BCUT2D eigenvalue weighted by molar-refractivity contribution is 0.0696. The second-order valence-electron chi connectivity index (χ2n) is 6.57. The molecule has 1 N–H and O–H groups in total. The van der Waals surface area contributed by atoms with Gasteiger partial charge in [-0.25, -0.2) is 4.79 Å². The summed E-state index contributed by atoms with van der Waals surface area (Å²) in [5.74, 6) is -0.865. The van der Waals surface area contributed by atoms with Crippen LogP contribution in [0.2, 0.25) is 0 Å². The highest BCUT2D eigenvalue weighted by Crippen LogP contribution is 2.34. The zero-order chi connectivity index (χ0) is 13.4. The molecule has 0 aliphatic heterocycles. The van der Waals surface area contributed by atoms with Crippen LogP contribution >= 0.6 is 0 Å². The molecule has 2 heteroatoms. The topological polar surface area (TPSA) is 37.3 Å². The Morgan fingerprint density at radius 3 is 1.76 bits per heavy atom. The van der Waals surface area contributed by atoms with Crippen molar-refractivity contribution in [1.29, 1.82) is 0 Å². The minimum absolute atomic E-state index is 0.0274. The van der Waals surface area contributed by atoms with Gasteiger partial charge in [0, 0.05) is 0 Å². The van der Waals surface area contributed by atoms with Crippen molar-refractivity contribution in [3.8, 4) is 0 Å². The van der Waals surface area contributed by atoms with E-state index in [4.69, 9.17) is 5.11 Å². The van der Waals surface area contributed by atoms with E-state index >= 15 is 0 Å². The number of carbonyl (C=O) groups is 1. The number of carboxylic acids is 1. The Kier molecular flexibility index (Phi) is 3.37. The molecule has 0 unspecified atom stereocenters. The molecular formula is C15H22O2. The van der Waals surface area contributed by atoms with Gasteiger partial charge in [-0.15, -0.1) is 0 Å². The minimum atomic E-state index is -0.865. The maximum atomic E-state index is 11.0. The lowest BCUT2D eigenvalue weighted by Gasteiger charge is -2.30. The van der Waals surface area contributed by atoms with E-state index in [1.54, 1.807) is 6.07 Å². The van der Waals surface area contributed by atoms with Crippen LogP contribution in [0.1, 0.15) is 63.0 Å². The summed E-state index contributed by atoms with van der Waals surface area (Å²) in [6, 6.07) is 5.45. The summed E-state index contributed by atoms with van der Waals surface area (Å²) in [6.45, 7) is 12.8. The fraction of sp³-hybridized carbons (Fsp3) is 0.533. The Balaban J connectivity index is 3.49. The molecule has 0 bridgehead atoms. The molecule has 0 heterocycles. The van der Waals surface area contributed by atoms with Crippen molar-refractivity contribution in [3.63, 3.8) is 0 Å². The molecule has 0 aliphatic carbocycles. The van der Waals surface area contributed by atoms with Gasteiger partial charge < -0.3 is 5.11 Å². The fourth-order valence-electron chi connectivity index (χ4n) is 1.95. The zero-order valence-corrected chi connectivity index (χ0v) is 11.6. The van der Waals surface area contributed by atoms with Crippen LogP contribution in [0.4, 0.5) is 0 Å². The third kappa shape index (κ3) is 3.09. The van der Waals surface area contributed by atoms with Gasteiger partial charge in [0.15, 0.2) is 0 Å². The lowest BCUT2D eigenvalue weighted by Crippen LogP contribution is -2.22. The number of hydrogen-bond acceptors (Lipinski definition) is 1. The average molecular weight is 234 g/mol. The maximum Gasteiger partial charge on any atom is 0.335 e. The smallest absolute Gasteiger partial charge is 0.335 e. The van der Waals surface area contributed by atoms with Crippen molar-refractivity contribution in [3.05, 3.63) is 34.9 Å². The van der Waals surface area contributed by atoms with Crippen molar-refractivity contribution in [2.45, 2.75) is 52.4 Å². The second-order valence-corrected chi connectivity index (χ2v) is 6.57. The molecule has 0 aliphatic rings. The van der Waals surface area contributed by atoms with Gasteiger partial charge in [-0.05, 0) is 34.1 Å². The molecule has 94 valence electrons. The van der Waals surface area contributed by atoms with Crippen LogP contribution < -0.4 is 0 Å².